The van der Waals surface area contributed by atoms with Crippen LogP contribution in [0.15, 0.2) is 10.6 Å². The van der Waals surface area contributed by atoms with Gasteiger partial charge >= 0.3 is 0 Å². The zero-order valence-electron chi connectivity index (χ0n) is 12.9. The monoisotopic (exact) mass is 265 g/mol. The Bertz CT molecular complexity index is 393. The number of aryl methyl sites for hydroxylation is 1. The number of hydrogen-bond donors (Lipinski definition) is 0. The van der Waals surface area contributed by atoms with Crippen molar-refractivity contribution in [2.24, 2.45) is 11.8 Å². The molecule has 1 aromatic heterocycles. The number of unbranched alkanes of at least 4 members (excludes halogenated alkanes) is 1. The molecule has 1 aromatic rings. The molecule has 1 atom stereocenters. The summed E-state index contributed by atoms with van der Waals surface area (Å²) >= 11 is 0. The maximum Gasteiger partial charge on any atom is 0.147 e. The number of carbonyl (C=O) groups is 1. The Kier molecular flexibility index (Phi) is 6.26. The quantitative estimate of drug-likeness (QED) is 0.649. The van der Waals surface area contributed by atoms with Gasteiger partial charge in [-0.1, -0.05) is 45.7 Å². The second kappa shape index (κ2) is 7.46. The van der Waals surface area contributed by atoms with Gasteiger partial charge in [0.1, 0.15) is 11.5 Å². The summed E-state index contributed by atoms with van der Waals surface area (Å²) in [6.07, 6.45) is 3.95. The van der Waals surface area contributed by atoms with Crippen LogP contribution >= 0.6 is 0 Å². The molecule has 3 nitrogen and oxygen atoms in total. The first-order valence-electron chi connectivity index (χ1n) is 7.37. The van der Waals surface area contributed by atoms with Crippen LogP contribution in [0.4, 0.5) is 0 Å². The minimum absolute atomic E-state index is 0.139. The number of Topliss-reactive ketones (excluding diaryl/α,β-unsaturated/α-hetero) is 1. The van der Waals surface area contributed by atoms with Gasteiger partial charge in [0.2, 0.25) is 0 Å². The summed E-state index contributed by atoms with van der Waals surface area (Å²) in [4.78, 5) is 12.4. The Labute approximate surface area is 116 Å². The van der Waals surface area contributed by atoms with Gasteiger partial charge in [-0.2, -0.15) is 0 Å². The van der Waals surface area contributed by atoms with Crippen molar-refractivity contribution in [1.29, 1.82) is 0 Å². The van der Waals surface area contributed by atoms with Crippen molar-refractivity contribution in [1.82, 2.24) is 5.16 Å². The predicted octanol–water partition coefficient (Wildman–Crippen LogP) is 4.51. The third-order valence-corrected chi connectivity index (χ3v) is 3.42. The molecule has 1 heterocycles. The number of aromatic nitrogens is 1. The Hall–Kier alpha value is -1.12. The molecule has 1 rings (SSSR count). The first-order chi connectivity index (χ1) is 8.91. The lowest BCUT2D eigenvalue weighted by molar-refractivity contribution is -0.122. The third-order valence-electron chi connectivity index (χ3n) is 3.42. The van der Waals surface area contributed by atoms with Crippen LogP contribution in [0.3, 0.4) is 0 Å². The first-order valence-corrected chi connectivity index (χ1v) is 7.37. The largest absolute Gasteiger partial charge is 0.360 e. The Balaban J connectivity index is 2.55. The number of nitrogens with zero attached hydrogens (tertiary/aromatic N) is 1. The Morgan fingerprint density at radius 1 is 1.26 bits per heavy atom. The highest BCUT2D eigenvalue weighted by molar-refractivity contribution is 5.85. The molecule has 0 aromatic carbocycles. The van der Waals surface area contributed by atoms with Crippen LogP contribution < -0.4 is 0 Å². The molecule has 0 saturated heterocycles. The smallest absolute Gasteiger partial charge is 0.147 e. The molecule has 1 unspecified atom stereocenters. The highest BCUT2D eigenvalue weighted by atomic mass is 16.5. The van der Waals surface area contributed by atoms with E-state index in [1.54, 1.807) is 0 Å². The van der Waals surface area contributed by atoms with Crippen molar-refractivity contribution in [2.75, 3.05) is 0 Å². The summed E-state index contributed by atoms with van der Waals surface area (Å²) in [6, 6.07) is 1.89. The van der Waals surface area contributed by atoms with E-state index >= 15 is 0 Å². The fraction of sp³-hybridized carbons (Fsp3) is 0.750. The van der Waals surface area contributed by atoms with Crippen LogP contribution in [0.2, 0.25) is 0 Å². The van der Waals surface area contributed by atoms with Gasteiger partial charge in [-0.3, -0.25) is 4.79 Å². The van der Waals surface area contributed by atoms with Crippen LogP contribution in [0.1, 0.15) is 70.8 Å². The maximum atomic E-state index is 12.4. The summed E-state index contributed by atoms with van der Waals surface area (Å²) in [5.74, 6) is 1.84. The van der Waals surface area contributed by atoms with Gasteiger partial charge in [-0.15, -0.1) is 0 Å². The zero-order chi connectivity index (χ0) is 14.4. The standard InChI is InChI=1S/C16H27NO2/c1-11(2)8-6-7-9-14(18)16(12(3)4)15-10-13(5)17-19-15/h10-12,16H,6-9H2,1-5H3. The maximum absolute atomic E-state index is 12.4. The zero-order valence-corrected chi connectivity index (χ0v) is 12.9. The molecule has 0 radical (unpaired) electrons. The third kappa shape index (κ3) is 5.17. The van der Waals surface area contributed by atoms with Gasteiger partial charge in [0.25, 0.3) is 0 Å². The van der Waals surface area contributed by atoms with E-state index in [9.17, 15) is 4.79 Å². The van der Waals surface area contributed by atoms with Gasteiger partial charge < -0.3 is 4.52 Å². The molecule has 0 aliphatic rings. The van der Waals surface area contributed by atoms with E-state index in [2.05, 4.69) is 32.9 Å². The predicted molar refractivity (Wildman–Crippen MR) is 77.1 cm³/mol. The molecular weight excluding hydrogens is 238 g/mol. The minimum Gasteiger partial charge on any atom is -0.360 e. The van der Waals surface area contributed by atoms with E-state index in [-0.39, 0.29) is 17.6 Å². The fourth-order valence-electron chi connectivity index (χ4n) is 2.40. The molecule has 108 valence electrons. The fourth-order valence-corrected chi connectivity index (χ4v) is 2.40. The van der Waals surface area contributed by atoms with Gasteiger partial charge in [-0.25, -0.2) is 0 Å². The van der Waals surface area contributed by atoms with Gasteiger partial charge in [0.15, 0.2) is 0 Å². The summed E-state index contributed by atoms with van der Waals surface area (Å²) in [7, 11) is 0. The Morgan fingerprint density at radius 2 is 1.95 bits per heavy atom. The molecule has 19 heavy (non-hydrogen) atoms. The highest BCUT2D eigenvalue weighted by Crippen LogP contribution is 2.28. The summed E-state index contributed by atoms with van der Waals surface area (Å²) in [6.45, 7) is 10.5. The topological polar surface area (TPSA) is 43.1 Å². The number of ketones is 1. The van der Waals surface area contributed by atoms with Crippen molar-refractivity contribution in [3.8, 4) is 0 Å². The number of rotatable bonds is 8. The second-order valence-electron chi connectivity index (χ2n) is 6.20. The molecule has 0 spiro atoms. The van der Waals surface area contributed by atoms with E-state index in [0.717, 1.165) is 24.3 Å². The normalized spacial score (nSPS) is 13.2. The minimum atomic E-state index is -0.139. The molecule has 0 aliphatic heterocycles. The van der Waals surface area contributed by atoms with Crippen LogP contribution in [-0.4, -0.2) is 10.9 Å². The molecule has 0 saturated carbocycles. The van der Waals surface area contributed by atoms with E-state index in [4.69, 9.17) is 4.52 Å². The molecule has 0 N–H and O–H groups in total. The van der Waals surface area contributed by atoms with Crippen molar-refractivity contribution in [3.05, 3.63) is 17.5 Å². The van der Waals surface area contributed by atoms with Crippen LogP contribution in [-0.2, 0) is 4.79 Å². The average Bonchev–Trinajstić information content (AvgIpc) is 2.70. The van der Waals surface area contributed by atoms with Crippen LogP contribution in [0.5, 0.6) is 0 Å². The molecule has 0 bridgehead atoms. The molecular formula is C16H27NO2. The summed E-state index contributed by atoms with van der Waals surface area (Å²) < 4.78 is 5.28. The van der Waals surface area contributed by atoms with E-state index < -0.39 is 0 Å². The van der Waals surface area contributed by atoms with Crippen molar-refractivity contribution in [3.63, 3.8) is 0 Å². The van der Waals surface area contributed by atoms with Gasteiger partial charge in [-0.05, 0) is 25.2 Å². The Morgan fingerprint density at radius 3 is 2.42 bits per heavy atom. The highest BCUT2D eigenvalue weighted by Gasteiger charge is 2.27. The summed E-state index contributed by atoms with van der Waals surface area (Å²) in [5, 5.41) is 3.89. The number of hydrogen-bond acceptors (Lipinski definition) is 3. The second-order valence-corrected chi connectivity index (χ2v) is 6.20. The SMILES string of the molecule is Cc1cc(C(C(=O)CCCCC(C)C)C(C)C)on1. The average molecular weight is 265 g/mol. The van der Waals surface area contributed by atoms with Gasteiger partial charge in [0.05, 0.1) is 11.6 Å². The lowest BCUT2D eigenvalue weighted by atomic mass is 9.86. The van der Waals surface area contributed by atoms with E-state index in [1.807, 2.05) is 13.0 Å². The lowest BCUT2D eigenvalue weighted by Crippen LogP contribution is -2.17. The van der Waals surface area contributed by atoms with Crippen LogP contribution in [0, 0.1) is 18.8 Å². The van der Waals surface area contributed by atoms with E-state index in [1.165, 1.54) is 6.42 Å². The van der Waals surface area contributed by atoms with Crippen molar-refractivity contribution in [2.45, 2.75) is 66.2 Å². The molecule has 0 fully saturated rings. The molecule has 0 aliphatic carbocycles. The number of carbonyl (C=O) groups excluding carboxylic acids is 1. The lowest BCUT2D eigenvalue weighted by Gasteiger charge is -2.16. The molecule has 0 amide bonds. The summed E-state index contributed by atoms with van der Waals surface area (Å²) in [5.41, 5.74) is 0.841. The van der Waals surface area contributed by atoms with E-state index in [0.29, 0.717) is 12.3 Å². The van der Waals surface area contributed by atoms with Crippen molar-refractivity contribution >= 4 is 5.78 Å². The first kappa shape index (κ1) is 15.9. The van der Waals surface area contributed by atoms with Crippen LogP contribution in [0.25, 0.3) is 0 Å². The van der Waals surface area contributed by atoms with Gasteiger partial charge in [0, 0.05) is 12.5 Å². The van der Waals surface area contributed by atoms with Crippen molar-refractivity contribution < 1.29 is 9.32 Å². The molecule has 3 heteroatoms.